The zero-order chi connectivity index (χ0) is 8.20. The molecule has 0 aromatic carbocycles. The first kappa shape index (κ1) is 9.23. The first-order valence-corrected chi connectivity index (χ1v) is 3.11. The van der Waals surface area contributed by atoms with Gasteiger partial charge in [0, 0.05) is 12.6 Å². The van der Waals surface area contributed by atoms with Gasteiger partial charge in [0.1, 0.15) is 0 Å². The molecule has 0 heterocycles. The molecular weight excluding hydrogens is 132 g/mol. The molecule has 0 bridgehead atoms. The summed E-state index contributed by atoms with van der Waals surface area (Å²) in [5.41, 5.74) is 2.36. The zero-order valence-corrected chi connectivity index (χ0v) is 6.82. The molecule has 0 aliphatic rings. The van der Waals surface area contributed by atoms with Crippen molar-refractivity contribution in [3.05, 3.63) is 0 Å². The first-order valence-electron chi connectivity index (χ1n) is 3.11. The fourth-order valence-electron chi connectivity index (χ4n) is 0.250. The van der Waals surface area contributed by atoms with Gasteiger partial charge in [-0.05, 0) is 20.8 Å². The van der Waals surface area contributed by atoms with Crippen molar-refractivity contribution in [1.82, 2.24) is 10.8 Å². The van der Waals surface area contributed by atoms with Gasteiger partial charge in [0.25, 0.3) is 0 Å². The topological polar surface area (TPSA) is 50.4 Å². The van der Waals surface area contributed by atoms with Gasteiger partial charge in [0.15, 0.2) is 0 Å². The van der Waals surface area contributed by atoms with E-state index in [-0.39, 0.29) is 5.54 Å². The van der Waals surface area contributed by atoms with E-state index in [1.54, 1.807) is 0 Å². The molecule has 0 aliphatic carbocycles. The van der Waals surface area contributed by atoms with Gasteiger partial charge in [0.05, 0.1) is 0 Å². The van der Waals surface area contributed by atoms with Gasteiger partial charge in [-0.2, -0.15) is 0 Å². The molecule has 0 spiro atoms. The lowest BCUT2D eigenvalue weighted by Crippen LogP contribution is -2.39. The standard InChI is InChI=1S/C6H14N2O2/c1-6(2,3)8-10-5(9)7-4/h8H,1-4H3,(H,7,9). The molecule has 60 valence electrons. The maximum absolute atomic E-state index is 10.5. The molecule has 0 saturated heterocycles. The van der Waals surface area contributed by atoms with Crippen molar-refractivity contribution in [3.63, 3.8) is 0 Å². The Morgan fingerprint density at radius 1 is 1.40 bits per heavy atom. The Labute approximate surface area is 60.9 Å². The third kappa shape index (κ3) is 5.37. The van der Waals surface area contributed by atoms with Gasteiger partial charge in [-0.3, -0.25) is 0 Å². The minimum absolute atomic E-state index is 0.202. The Morgan fingerprint density at radius 2 is 1.90 bits per heavy atom. The van der Waals surface area contributed by atoms with E-state index in [1.165, 1.54) is 7.05 Å². The number of amides is 1. The summed E-state index contributed by atoms with van der Waals surface area (Å²) >= 11 is 0. The van der Waals surface area contributed by atoms with Crippen molar-refractivity contribution < 1.29 is 9.63 Å². The SMILES string of the molecule is CNC(=O)ONC(C)(C)C. The normalized spacial score (nSPS) is 10.8. The molecule has 0 aliphatic heterocycles. The van der Waals surface area contributed by atoms with E-state index in [4.69, 9.17) is 0 Å². The van der Waals surface area contributed by atoms with E-state index in [1.807, 2.05) is 20.8 Å². The molecule has 0 fully saturated rings. The minimum atomic E-state index is -0.477. The summed E-state index contributed by atoms with van der Waals surface area (Å²) in [6.07, 6.45) is -0.477. The van der Waals surface area contributed by atoms with Crippen molar-refractivity contribution in [2.24, 2.45) is 0 Å². The number of carbonyl (C=O) groups is 1. The summed E-state index contributed by atoms with van der Waals surface area (Å²) in [6.45, 7) is 5.70. The summed E-state index contributed by atoms with van der Waals surface area (Å²) in [5.74, 6) is 0. The third-order valence-corrected chi connectivity index (χ3v) is 0.654. The highest BCUT2D eigenvalue weighted by Crippen LogP contribution is 1.97. The number of hydrogen-bond acceptors (Lipinski definition) is 3. The highest BCUT2D eigenvalue weighted by Gasteiger charge is 2.10. The number of hydrogen-bond donors (Lipinski definition) is 2. The van der Waals surface area contributed by atoms with Crippen molar-refractivity contribution in [3.8, 4) is 0 Å². The van der Waals surface area contributed by atoms with Crippen LogP contribution in [0.4, 0.5) is 4.79 Å². The van der Waals surface area contributed by atoms with E-state index in [9.17, 15) is 4.79 Å². The van der Waals surface area contributed by atoms with E-state index < -0.39 is 6.09 Å². The van der Waals surface area contributed by atoms with Crippen LogP contribution in [0.5, 0.6) is 0 Å². The van der Waals surface area contributed by atoms with E-state index in [0.717, 1.165) is 0 Å². The van der Waals surface area contributed by atoms with Crippen LogP contribution in [0.25, 0.3) is 0 Å². The number of rotatable bonds is 1. The molecule has 0 unspecified atom stereocenters. The van der Waals surface area contributed by atoms with Crippen LogP contribution in [0, 0.1) is 0 Å². The molecule has 0 aromatic rings. The second-order valence-electron chi connectivity index (χ2n) is 2.99. The van der Waals surface area contributed by atoms with Gasteiger partial charge >= 0.3 is 6.09 Å². The molecule has 4 heteroatoms. The van der Waals surface area contributed by atoms with Crippen LogP contribution in [0.3, 0.4) is 0 Å². The number of nitrogens with one attached hydrogen (secondary N) is 2. The van der Waals surface area contributed by atoms with Crippen LogP contribution in [0.1, 0.15) is 20.8 Å². The lowest BCUT2D eigenvalue weighted by atomic mass is 10.1. The Morgan fingerprint density at radius 3 is 2.20 bits per heavy atom. The average Bonchev–Trinajstić information content (AvgIpc) is 1.81. The zero-order valence-electron chi connectivity index (χ0n) is 6.82. The van der Waals surface area contributed by atoms with E-state index in [2.05, 4.69) is 15.6 Å². The predicted molar refractivity (Wildman–Crippen MR) is 38.4 cm³/mol. The molecule has 0 radical (unpaired) electrons. The van der Waals surface area contributed by atoms with Gasteiger partial charge in [0.2, 0.25) is 0 Å². The average molecular weight is 146 g/mol. The largest absolute Gasteiger partial charge is 0.425 e. The van der Waals surface area contributed by atoms with Crippen molar-refractivity contribution in [2.75, 3.05) is 7.05 Å². The number of carbonyl (C=O) groups excluding carboxylic acids is 1. The molecule has 0 aromatic heterocycles. The summed E-state index contributed by atoms with van der Waals surface area (Å²) in [4.78, 5) is 15.0. The molecule has 0 saturated carbocycles. The molecule has 0 rings (SSSR count). The minimum Gasteiger partial charge on any atom is -0.353 e. The molecule has 4 nitrogen and oxygen atoms in total. The summed E-state index contributed by atoms with van der Waals surface area (Å²) in [5, 5.41) is 2.31. The fourth-order valence-corrected chi connectivity index (χ4v) is 0.250. The maximum Gasteiger partial charge on any atom is 0.425 e. The van der Waals surface area contributed by atoms with Gasteiger partial charge in [-0.1, -0.05) is 0 Å². The lowest BCUT2D eigenvalue weighted by Gasteiger charge is -2.18. The summed E-state index contributed by atoms with van der Waals surface area (Å²) in [6, 6.07) is 0. The summed E-state index contributed by atoms with van der Waals surface area (Å²) < 4.78 is 0. The molecule has 2 N–H and O–H groups in total. The Hall–Kier alpha value is -0.770. The Kier molecular flexibility index (Phi) is 3.15. The molecular formula is C6H14N2O2. The Bertz CT molecular complexity index is 117. The quantitative estimate of drug-likeness (QED) is 0.534. The lowest BCUT2D eigenvalue weighted by molar-refractivity contribution is 0.0491. The van der Waals surface area contributed by atoms with Crippen LogP contribution in [0.15, 0.2) is 0 Å². The predicted octanol–water partition coefficient (Wildman–Crippen LogP) is 0.645. The van der Waals surface area contributed by atoms with E-state index in [0.29, 0.717) is 0 Å². The van der Waals surface area contributed by atoms with Crippen molar-refractivity contribution in [2.45, 2.75) is 26.3 Å². The van der Waals surface area contributed by atoms with Gasteiger partial charge in [-0.15, -0.1) is 5.48 Å². The smallest absolute Gasteiger partial charge is 0.353 e. The second-order valence-corrected chi connectivity index (χ2v) is 2.99. The second kappa shape index (κ2) is 3.41. The number of hydroxylamine groups is 1. The van der Waals surface area contributed by atoms with Crippen molar-refractivity contribution in [1.29, 1.82) is 0 Å². The molecule has 1 amide bonds. The van der Waals surface area contributed by atoms with Crippen LogP contribution < -0.4 is 10.8 Å². The highest BCUT2D eigenvalue weighted by molar-refractivity contribution is 5.66. The summed E-state index contributed by atoms with van der Waals surface area (Å²) in [7, 11) is 1.51. The first-order chi connectivity index (χ1) is 4.45. The van der Waals surface area contributed by atoms with Crippen LogP contribution in [-0.4, -0.2) is 18.7 Å². The third-order valence-electron chi connectivity index (χ3n) is 0.654. The van der Waals surface area contributed by atoms with Crippen LogP contribution >= 0.6 is 0 Å². The van der Waals surface area contributed by atoms with E-state index >= 15 is 0 Å². The maximum atomic E-state index is 10.5. The van der Waals surface area contributed by atoms with Crippen LogP contribution in [-0.2, 0) is 4.84 Å². The fraction of sp³-hybridized carbons (Fsp3) is 0.833. The van der Waals surface area contributed by atoms with Gasteiger partial charge < -0.3 is 10.2 Å². The molecule has 10 heavy (non-hydrogen) atoms. The molecule has 0 atom stereocenters. The van der Waals surface area contributed by atoms with Crippen LogP contribution in [0.2, 0.25) is 0 Å². The highest BCUT2D eigenvalue weighted by atomic mass is 16.7. The monoisotopic (exact) mass is 146 g/mol. The van der Waals surface area contributed by atoms with Gasteiger partial charge in [-0.25, -0.2) is 4.79 Å². The van der Waals surface area contributed by atoms with Crippen molar-refractivity contribution >= 4 is 6.09 Å². The Balaban J connectivity index is 3.46.